The predicted molar refractivity (Wildman–Crippen MR) is 244 cm³/mol. The maximum Gasteiger partial charge on any atom is 0.238 e. The van der Waals surface area contributed by atoms with Gasteiger partial charge in [-0.1, -0.05) is 152 Å². The summed E-state index contributed by atoms with van der Waals surface area (Å²) in [4.78, 5) is 15.1. The van der Waals surface area contributed by atoms with E-state index in [0.717, 1.165) is 60.4 Å². The van der Waals surface area contributed by atoms with Crippen molar-refractivity contribution in [2.45, 2.75) is 6.92 Å². The van der Waals surface area contributed by atoms with Crippen LogP contribution < -0.4 is 0 Å². The molecule has 11 aromatic rings. The van der Waals surface area contributed by atoms with Crippen LogP contribution in [-0.4, -0.2) is 19.5 Å². The Hall–Kier alpha value is -7.41. The van der Waals surface area contributed by atoms with Crippen LogP contribution in [-0.2, 0) is 0 Å². The van der Waals surface area contributed by atoms with E-state index in [9.17, 15) is 0 Å². The average molecular weight is 763 g/mol. The number of fused-ring (bicyclic) bond motifs is 9. The Kier molecular flexibility index (Phi) is 7.98. The molecule has 4 aromatic heterocycles. The Labute approximate surface area is 338 Å². The second-order valence-electron chi connectivity index (χ2n) is 14.4. The molecule has 0 N–H and O–H groups in total. The molecule has 5 nitrogen and oxygen atoms in total. The number of nitrogens with zero attached hydrogens (tertiary/aromatic N) is 4. The lowest BCUT2D eigenvalue weighted by atomic mass is 9.98. The molecule has 0 bridgehead atoms. The van der Waals surface area contributed by atoms with Crippen LogP contribution in [0.3, 0.4) is 0 Å². The van der Waals surface area contributed by atoms with E-state index in [1.807, 2.05) is 85.0 Å². The Morgan fingerprint density at radius 1 is 0.569 bits per heavy atom. The lowest BCUT2D eigenvalue weighted by molar-refractivity contribution is 0.670. The SMILES string of the molecule is C=C(/C=C\C=C/C)c1nc(-c2ccccc2)nc(-n2c3ccccc3c3cc4sc5cc(-c6ccc(-c7cccc8c7oc7ccccc78)cc6)ccc5c4cc32)n1. The predicted octanol–water partition coefficient (Wildman–Crippen LogP) is 14.4. The zero-order valence-electron chi connectivity index (χ0n) is 31.6. The van der Waals surface area contributed by atoms with Crippen molar-refractivity contribution in [2.75, 3.05) is 0 Å². The highest BCUT2D eigenvalue weighted by molar-refractivity contribution is 7.26. The first kappa shape index (κ1) is 33.9. The minimum absolute atomic E-state index is 0.532. The molecule has 0 atom stereocenters. The number of hydrogen-bond acceptors (Lipinski definition) is 5. The zero-order chi connectivity index (χ0) is 38.7. The number of allylic oxidation sites excluding steroid dienone is 5. The number of furan rings is 1. The molecule has 0 aliphatic carbocycles. The molecule has 58 heavy (non-hydrogen) atoms. The molecule has 6 heteroatoms. The van der Waals surface area contributed by atoms with Crippen molar-refractivity contribution in [3.63, 3.8) is 0 Å². The van der Waals surface area contributed by atoms with Crippen LogP contribution in [0.4, 0.5) is 0 Å². The third kappa shape index (κ3) is 5.57. The molecule has 11 rings (SSSR count). The maximum atomic E-state index is 6.35. The molecule has 0 spiro atoms. The number of thiophene rings is 1. The fraction of sp³-hybridized carbons (Fsp3) is 0.0192. The standard InChI is InChI=1S/C52H34N4OS/c1-3-4-6-14-32(2)50-53-51(35-15-7-5-8-16-35)55-52(54-50)56-44-21-11-9-17-38(44)42-31-48-43(30-45(42)56)40-28-27-36(29-47(40)58-48)33-23-25-34(26-24-33)37-19-13-20-41-39-18-10-12-22-46(39)57-49(37)41/h3-31H,2H2,1H3/b4-3-,14-6-. The van der Waals surface area contributed by atoms with Crippen molar-refractivity contribution in [3.8, 4) is 39.6 Å². The van der Waals surface area contributed by atoms with Gasteiger partial charge in [-0.05, 0) is 53.9 Å². The lowest BCUT2D eigenvalue weighted by Gasteiger charge is -2.11. The van der Waals surface area contributed by atoms with Crippen LogP contribution in [0.2, 0.25) is 0 Å². The summed E-state index contributed by atoms with van der Waals surface area (Å²) >= 11 is 1.83. The zero-order valence-corrected chi connectivity index (χ0v) is 32.4. The number of aromatic nitrogens is 4. The van der Waals surface area contributed by atoms with Gasteiger partial charge in [0.15, 0.2) is 11.6 Å². The summed E-state index contributed by atoms with van der Waals surface area (Å²) in [5, 5.41) is 7.00. The summed E-state index contributed by atoms with van der Waals surface area (Å²) in [6.45, 7) is 6.31. The van der Waals surface area contributed by atoms with E-state index in [1.165, 1.54) is 31.3 Å². The van der Waals surface area contributed by atoms with E-state index in [0.29, 0.717) is 23.2 Å². The Bertz CT molecular complexity index is 3480. The van der Waals surface area contributed by atoms with Gasteiger partial charge < -0.3 is 4.42 Å². The molecule has 7 aromatic carbocycles. The first-order valence-electron chi connectivity index (χ1n) is 19.3. The van der Waals surface area contributed by atoms with Gasteiger partial charge in [-0.2, -0.15) is 9.97 Å². The molecule has 0 amide bonds. The Morgan fingerprint density at radius 2 is 1.31 bits per heavy atom. The van der Waals surface area contributed by atoms with Crippen molar-refractivity contribution < 1.29 is 4.42 Å². The van der Waals surface area contributed by atoms with Crippen molar-refractivity contribution >= 4 is 80.8 Å². The van der Waals surface area contributed by atoms with Gasteiger partial charge in [0.25, 0.3) is 0 Å². The van der Waals surface area contributed by atoms with E-state index in [2.05, 4.69) is 120 Å². The van der Waals surface area contributed by atoms with E-state index in [-0.39, 0.29) is 0 Å². The number of para-hydroxylation sites is 3. The van der Waals surface area contributed by atoms with Gasteiger partial charge in [0, 0.05) is 58.4 Å². The first-order valence-corrected chi connectivity index (χ1v) is 20.1. The third-order valence-corrected chi connectivity index (χ3v) is 12.1. The van der Waals surface area contributed by atoms with E-state index < -0.39 is 0 Å². The quantitative estimate of drug-likeness (QED) is 0.152. The van der Waals surface area contributed by atoms with E-state index in [4.69, 9.17) is 19.4 Å². The summed E-state index contributed by atoms with van der Waals surface area (Å²) in [6.07, 6.45) is 7.84. The second-order valence-corrected chi connectivity index (χ2v) is 15.5. The minimum atomic E-state index is 0.532. The van der Waals surface area contributed by atoms with Gasteiger partial charge >= 0.3 is 0 Å². The van der Waals surface area contributed by atoms with Gasteiger partial charge in [-0.25, -0.2) is 4.98 Å². The van der Waals surface area contributed by atoms with Gasteiger partial charge in [-0.15, -0.1) is 11.3 Å². The molecule has 0 fully saturated rings. The Morgan fingerprint density at radius 3 is 2.17 bits per heavy atom. The molecule has 0 saturated carbocycles. The molecule has 0 aliphatic rings. The average Bonchev–Trinajstić information content (AvgIpc) is 3.94. The normalized spacial score (nSPS) is 12.2. The van der Waals surface area contributed by atoms with E-state index >= 15 is 0 Å². The number of benzene rings is 7. The first-order chi connectivity index (χ1) is 28.6. The highest BCUT2D eigenvalue weighted by Gasteiger charge is 2.20. The summed E-state index contributed by atoms with van der Waals surface area (Å²) in [5.41, 5.74) is 10.1. The highest BCUT2D eigenvalue weighted by atomic mass is 32.1. The third-order valence-electron chi connectivity index (χ3n) is 10.9. The van der Waals surface area contributed by atoms with Gasteiger partial charge in [0.05, 0.1) is 11.0 Å². The molecular weight excluding hydrogens is 729 g/mol. The Balaban J connectivity index is 1.02. The molecule has 0 radical (unpaired) electrons. The van der Waals surface area contributed by atoms with Gasteiger partial charge in [-0.3, -0.25) is 4.57 Å². The van der Waals surface area contributed by atoms with Crippen molar-refractivity contribution in [3.05, 3.63) is 188 Å². The summed E-state index contributed by atoms with van der Waals surface area (Å²) in [6, 6.07) is 53.5. The van der Waals surface area contributed by atoms with Gasteiger partial charge in [0.2, 0.25) is 5.95 Å². The van der Waals surface area contributed by atoms with Crippen molar-refractivity contribution in [1.29, 1.82) is 0 Å². The maximum absolute atomic E-state index is 6.35. The monoisotopic (exact) mass is 762 g/mol. The molecule has 4 heterocycles. The molecular formula is C52H34N4OS. The van der Waals surface area contributed by atoms with Crippen LogP contribution in [0.1, 0.15) is 12.7 Å². The van der Waals surface area contributed by atoms with Crippen LogP contribution in [0.5, 0.6) is 0 Å². The van der Waals surface area contributed by atoms with Crippen molar-refractivity contribution in [1.82, 2.24) is 19.5 Å². The molecule has 274 valence electrons. The molecule has 0 saturated heterocycles. The fourth-order valence-corrected chi connectivity index (χ4v) is 9.30. The smallest absolute Gasteiger partial charge is 0.238 e. The van der Waals surface area contributed by atoms with Crippen molar-refractivity contribution in [2.24, 2.45) is 0 Å². The van der Waals surface area contributed by atoms with Gasteiger partial charge in [0.1, 0.15) is 11.2 Å². The topological polar surface area (TPSA) is 56.7 Å². The van der Waals surface area contributed by atoms with Crippen LogP contribution >= 0.6 is 11.3 Å². The van der Waals surface area contributed by atoms with E-state index in [1.54, 1.807) is 0 Å². The minimum Gasteiger partial charge on any atom is -0.455 e. The summed E-state index contributed by atoms with van der Waals surface area (Å²) in [5.74, 6) is 1.68. The van der Waals surface area contributed by atoms with Crippen LogP contribution in [0.25, 0.3) is 109 Å². The molecule has 0 unspecified atom stereocenters. The second kappa shape index (κ2) is 13.7. The van der Waals surface area contributed by atoms with Crippen LogP contribution in [0, 0.1) is 0 Å². The largest absolute Gasteiger partial charge is 0.455 e. The van der Waals surface area contributed by atoms with Crippen LogP contribution in [0.15, 0.2) is 187 Å². The highest BCUT2D eigenvalue weighted by Crippen LogP contribution is 2.42. The summed E-state index contributed by atoms with van der Waals surface area (Å²) < 4.78 is 11.0. The fourth-order valence-electron chi connectivity index (χ4n) is 8.13. The summed E-state index contributed by atoms with van der Waals surface area (Å²) in [7, 11) is 0. The lowest BCUT2D eigenvalue weighted by Crippen LogP contribution is -2.07. The number of hydrogen-bond donors (Lipinski definition) is 0. The number of rotatable bonds is 7. The molecule has 0 aliphatic heterocycles.